The van der Waals surface area contributed by atoms with E-state index in [4.69, 9.17) is 0 Å². The van der Waals surface area contributed by atoms with E-state index in [1.54, 1.807) is 12.1 Å². The molecule has 1 atom stereocenters. The minimum atomic E-state index is -0.645. The third-order valence-corrected chi connectivity index (χ3v) is 4.06. The molecule has 7 heteroatoms. The molecule has 1 unspecified atom stereocenters. The molecule has 2 aromatic rings. The minimum Gasteiger partial charge on any atom is -0.340 e. The Hall–Kier alpha value is -2.28. The van der Waals surface area contributed by atoms with Crippen LogP contribution in [0.4, 0.5) is 5.13 Å². The highest BCUT2D eigenvalue weighted by Gasteiger charge is 2.25. The van der Waals surface area contributed by atoms with E-state index in [2.05, 4.69) is 20.8 Å². The van der Waals surface area contributed by atoms with Gasteiger partial charge >= 0.3 is 0 Å². The van der Waals surface area contributed by atoms with Crippen LogP contribution in [-0.4, -0.2) is 28.1 Å². The molecule has 1 aromatic heterocycles. The second kappa shape index (κ2) is 7.32. The lowest BCUT2D eigenvalue weighted by Gasteiger charge is -2.21. The Morgan fingerprint density at radius 2 is 1.74 bits per heavy atom. The van der Waals surface area contributed by atoms with Crippen molar-refractivity contribution in [2.75, 3.05) is 5.32 Å². The molecular weight excluding hydrogens is 312 g/mol. The fourth-order valence-corrected chi connectivity index (χ4v) is 2.59. The third-order valence-electron chi connectivity index (χ3n) is 3.31. The number of carbonyl (C=O) groups excluding carboxylic acids is 2. The van der Waals surface area contributed by atoms with Crippen molar-refractivity contribution in [2.45, 2.75) is 33.7 Å². The standard InChI is InChI=1S/C16H20N4O2S/c1-9(2)13(15(22)18-16-20-19-11(4)23-16)17-14(21)12-7-5-10(3)6-8-12/h5-9,13H,1-4H3,(H,17,21)(H,18,20,22). The molecule has 23 heavy (non-hydrogen) atoms. The normalized spacial score (nSPS) is 12.0. The molecule has 2 amide bonds. The summed E-state index contributed by atoms with van der Waals surface area (Å²) in [6.45, 7) is 7.53. The number of aromatic nitrogens is 2. The maximum Gasteiger partial charge on any atom is 0.251 e. The third kappa shape index (κ3) is 4.59. The summed E-state index contributed by atoms with van der Waals surface area (Å²) >= 11 is 1.30. The predicted molar refractivity (Wildman–Crippen MR) is 90.5 cm³/mol. The van der Waals surface area contributed by atoms with Crippen molar-refractivity contribution >= 4 is 28.3 Å². The van der Waals surface area contributed by atoms with Gasteiger partial charge in [-0.05, 0) is 31.9 Å². The molecular formula is C16H20N4O2S. The van der Waals surface area contributed by atoms with Crippen LogP contribution in [0.25, 0.3) is 0 Å². The molecule has 0 saturated carbocycles. The number of nitrogens with zero attached hydrogens (tertiary/aromatic N) is 2. The maximum absolute atomic E-state index is 12.4. The van der Waals surface area contributed by atoms with Crippen molar-refractivity contribution < 1.29 is 9.59 Å². The fraction of sp³-hybridized carbons (Fsp3) is 0.375. The van der Waals surface area contributed by atoms with Crippen LogP contribution in [0.3, 0.4) is 0 Å². The van der Waals surface area contributed by atoms with Gasteiger partial charge in [-0.2, -0.15) is 0 Å². The summed E-state index contributed by atoms with van der Waals surface area (Å²) in [5, 5.41) is 14.4. The zero-order valence-electron chi connectivity index (χ0n) is 13.6. The molecule has 0 fully saturated rings. The van der Waals surface area contributed by atoms with Crippen LogP contribution in [0.15, 0.2) is 24.3 Å². The van der Waals surface area contributed by atoms with Crippen molar-refractivity contribution in [3.63, 3.8) is 0 Å². The van der Waals surface area contributed by atoms with Crippen LogP contribution in [0.5, 0.6) is 0 Å². The summed E-state index contributed by atoms with van der Waals surface area (Å²) < 4.78 is 0. The summed E-state index contributed by atoms with van der Waals surface area (Å²) in [5.41, 5.74) is 1.60. The molecule has 0 aliphatic carbocycles. The maximum atomic E-state index is 12.4. The molecule has 2 N–H and O–H groups in total. The van der Waals surface area contributed by atoms with E-state index in [1.807, 2.05) is 39.8 Å². The number of aryl methyl sites for hydroxylation is 2. The average Bonchev–Trinajstić information content (AvgIpc) is 2.89. The van der Waals surface area contributed by atoms with Crippen molar-refractivity contribution in [1.29, 1.82) is 0 Å². The largest absolute Gasteiger partial charge is 0.340 e. The molecule has 1 heterocycles. The van der Waals surface area contributed by atoms with Gasteiger partial charge in [-0.25, -0.2) is 0 Å². The number of rotatable bonds is 5. The molecule has 0 aliphatic heterocycles. The number of benzene rings is 1. The molecule has 122 valence electrons. The van der Waals surface area contributed by atoms with Gasteiger partial charge in [0.05, 0.1) is 0 Å². The highest BCUT2D eigenvalue weighted by molar-refractivity contribution is 7.15. The van der Waals surface area contributed by atoms with Crippen LogP contribution in [0, 0.1) is 19.8 Å². The van der Waals surface area contributed by atoms with E-state index in [9.17, 15) is 9.59 Å². The highest BCUT2D eigenvalue weighted by atomic mass is 32.1. The minimum absolute atomic E-state index is 0.0570. The lowest BCUT2D eigenvalue weighted by molar-refractivity contribution is -0.118. The van der Waals surface area contributed by atoms with E-state index >= 15 is 0 Å². The van der Waals surface area contributed by atoms with Gasteiger partial charge in [0.25, 0.3) is 5.91 Å². The van der Waals surface area contributed by atoms with Crippen LogP contribution >= 0.6 is 11.3 Å². The van der Waals surface area contributed by atoms with E-state index in [0.717, 1.165) is 10.6 Å². The first kappa shape index (κ1) is 17.1. The van der Waals surface area contributed by atoms with Gasteiger partial charge in [0.2, 0.25) is 11.0 Å². The topological polar surface area (TPSA) is 84.0 Å². The van der Waals surface area contributed by atoms with E-state index in [1.165, 1.54) is 11.3 Å². The Kier molecular flexibility index (Phi) is 5.44. The van der Waals surface area contributed by atoms with Crippen LogP contribution in [0.2, 0.25) is 0 Å². The van der Waals surface area contributed by atoms with Crippen molar-refractivity contribution in [1.82, 2.24) is 15.5 Å². The summed E-state index contributed by atoms with van der Waals surface area (Å²) in [4.78, 5) is 24.7. The number of amides is 2. The van der Waals surface area contributed by atoms with Crippen molar-refractivity contribution in [3.05, 3.63) is 40.4 Å². The number of anilines is 1. The number of hydrogen-bond acceptors (Lipinski definition) is 5. The smallest absolute Gasteiger partial charge is 0.251 e. The summed E-state index contributed by atoms with van der Waals surface area (Å²) in [7, 11) is 0. The second-order valence-electron chi connectivity index (χ2n) is 5.68. The zero-order valence-corrected chi connectivity index (χ0v) is 14.4. The quantitative estimate of drug-likeness (QED) is 0.881. The molecule has 0 radical (unpaired) electrons. The molecule has 1 aromatic carbocycles. The first-order valence-electron chi connectivity index (χ1n) is 7.35. The molecule has 2 rings (SSSR count). The molecule has 0 spiro atoms. The van der Waals surface area contributed by atoms with Crippen LogP contribution in [-0.2, 0) is 4.79 Å². The van der Waals surface area contributed by atoms with Gasteiger partial charge in [0.15, 0.2) is 0 Å². The van der Waals surface area contributed by atoms with Gasteiger partial charge in [-0.15, -0.1) is 10.2 Å². The van der Waals surface area contributed by atoms with E-state index in [-0.39, 0.29) is 17.7 Å². The predicted octanol–water partition coefficient (Wildman–Crippen LogP) is 2.55. The highest BCUT2D eigenvalue weighted by Crippen LogP contribution is 2.15. The van der Waals surface area contributed by atoms with Gasteiger partial charge < -0.3 is 5.32 Å². The first-order valence-corrected chi connectivity index (χ1v) is 8.17. The number of hydrogen-bond donors (Lipinski definition) is 2. The van der Waals surface area contributed by atoms with E-state index in [0.29, 0.717) is 10.7 Å². The lowest BCUT2D eigenvalue weighted by atomic mass is 10.0. The van der Waals surface area contributed by atoms with Gasteiger partial charge in [-0.1, -0.05) is 42.9 Å². The van der Waals surface area contributed by atoms with Gasteiger partial charge in [0, 0.05) is 5.56 Å². The Morgan fingerprint density at radius 3 is 2.26 bits per heavy atom. The first-order chi connectivity index (χ1) is 10.9. The van der Waals surface area contributed by atoms with Crippen LogP contribution < -0.4 is 10.6 Å². The Bertz CT molecular complexity index is 694. The van der Waals surface area contributed by atoms with E-state index < -0.39 is 6.04 Å². The van der Waals surface area contributed by atoms with Crippen LogP contribution in [0.1, 0.15) is 34.8 Å². The zero-order chi connectivity index (χ0) is 17.0. The summed E-state index contributed by atoms with van der Waals surface area (Å²) in [6.07, 6.45) is 0. The fourth-order valence-electron chi connectivity index (χ4n) is 1.99. The molecule has 0 aliphatic rings. The van der Waals surface area contributed by atoms with Gasteiger partial charge in [-0.3, -0.25) is 14.9 Å². The number of carbonyl (C=O) groups is 2. The van der Waals surface area contributed by atoms with Crippen molar-refractivity contribution in [2.24, 2.45) is 5.92 Å². The molecule has 0 bridgehead atoms. The Labute approximate surface area is 139 Å². The summed E-state index contributed by atoms with van der Waals surface area (Å²) in [5.74, 6) is -0.623. The summed E-state index contributed by atoms with van der Waals surface area (Å²) in [6, 6.07) is 6.57. The Balaban J connectivity index is 2.07. The molecule has 0 saturated heterocycles. The Morgan fingerprint density at radius 1 is 1.09 bits per heavy atom. The second-order valence-corrected chi connectivity index (χ2v) is 6.86. The molecule has 6 nitrogen and oxygen atoms in total. The van der Waals surface area contributed by atoms with Crippen molar-refractivity contribution in [3.8, 4) is 0 Å². The lowest BCUT2D eigenvalue weighted by Crippen LogP contribution is -2.47. The monoisotopic (exact) mass is 332 g/mol. The van der Waals surface area contributed by atoms with Gasteiger partial charge in [0.1, 0.15) is 11.0 Å². The average molecular weight is 332 g/mol. The number of nitrogens with one attached hydrogen (secondary N) is 2. The SMILES string of the molecule is Cc1ccc(C(=O)NC(C(=O)Nc2nnc(C)s2)C(C)C)cc1.